The van der Waals surface area contributed by atoms with Gasteiger partial charge in [0.15, 0.2) is 0 Å². The Hall–Kier alpha value is -3.55. The molecule has 0 unspecified atom stereocenters. The summed E-state index contributed by atoms with van der Waals surface area (Å²) < 4.78 is 9.91. The van der Waals surface area contributed by atoms with Gasteiger partial charge in [-0.1, -0.05) is 12.1 Å². The fraction of sp³-hybridized carbons (Fsp3) is 0.286. The minimum absolute atomic E-state index is 0.0126. The second-order valence-electron chi connectivity index (χ2n) is 6.40. The lowest BCUT2D eigenvalue weighted by molar-refractivity contribution is -0.123. The van der Waals surface area contributed by atoms with Crippen molar-refractivity contribution in [1.29, 1.82) is 0 Å². The highest BCUT2D eigenvalue weighted by Crippen LogP contribution is 2.20. The molecule has 0 spiro atoms. The van der Waals surface area contributed by atoms with E-state index in [1.807, 2.05) is 24.3 Å². The number of furan rings is 1. The highest BCUT2D eigenvalue weighted by molar-refractivity contribution is 6.13. The number of esters is 1. The first kappa shape index (κ1) is 20.2. The first-order chi connectivity index (χ1) is 14.0. The fourth-order valence-electron chi connectivity index (χ4n) is 3.08. The maximum Gasteiger partial charge on any atom is 0.373 e. The summed E-state index contributed by atoms with van der Waals surface area (Å²) in [6.45, 7) is 5.91. The summed E-state index contributed by atoms with van der Waals surface area (Å²) in [6, 6.07) is 10.2. The SMILES string of the molecule is CCN(CC)c1ccc(C=C2NC(=O)N(Cc3ccc(C(=O)OC)o3)C2=O)cc1. The Labute approximate surface area is 168 Å². The Morgan fingerprint density at radius 1 is 1.14 bits per heavy atom. The summed E-state index contributed by atoms with van der Waals surface area (Å²) in [7, 11) is 1.24. The van der Waals surface area contributed by atoms with Crippen LogP contribution in [0.25, 0.3) is 6.08 Å². The molecule has 1 aliphatic rings. The van der Waals surface area contributed by atoms with E-state index in [0.717, 1.165) is 29.2 Å². The second kappa shape index (κ2) is 8.64. The molecule has 0 aliphatic carbocycles. The van der Waals surface area contributed by atoms with Crippen molar-refractivity contribution >= 4 is 29.7 Å². The quantitative estimate of drug-likeness (QED) is 0.439. The number of hydrogen-bond donors (Lipinski definition) is 1. The van der Waals surface area contributed by atoms with Crippen LogP contribution in [0.5, 0.6) is 0 Å². The number of methoxy groups -OCH3 is 1. The van der Waals surface area contributed by atoms with E-state index in [4.69, 9.17) is 4.42 Å². The molecule has 2 aromatic rings. The van der Waals surface area contributed by atoms with E-state index in [-0.39, 0.29) is 18.0 Å². The molecule has 0 radical (unpaired) electrons. The predicted octanol–water partition coefficient (Wildman–Crippen LogP) is 3.01. The van der Waals surface area contributed by atoms with Gasteiger partial charge in [-0.2, -0.15) is 0 Å². The third kappa shape index (κ3) is 4.31. The van der Waals surface area contributed by atoms with E-state index in [2.05, 4.69) is 28.8 Å². The molecule has 8 nitrogen and oxygen atoms in total. The third-order valence-electron chi connectivity index (χ3n) is 4.66. The first-order valence-electron chi connectivity index (χ1n) is 9.33. The number of anilines is 1. The van der Waals surface area contributed by atoms with Crippen molar-refractivity contribution in [1.82, 2.24) is 10.2 Å². The number of nitrogens with one attached hydrogen (secondary N) is 1. The first-order valence-corrected chi connectivity index (χ1v) is 9.33. The number of benzene rings is 1. The molecule has 1 aliphatic heterocycles. The summed E-state index contributed by atoms with van der Waals surface area (Å²) in [5.74, 6) is -0.765. The number of carbonyl (C=O) groups is 3. The zero-order chi connectivity index (χ0) is 21.0. The molecule has 2 heterocycles. The zero-order valence-corrected chi connectivity index (χ0v) is 16.6. The number of amides is 3. The van der Waals surface area contributed by atoms with Crippen molar-refractivity contribution in [2.75, 3.05) is 25.1 Å². The van der Waals surface area contributed by atoms with Gasteiger partial charge in [0.05, 0.1) is 13.7 Å². The maximum absolute atomic E-state index is 12.6. The van der Waals surface area contributed by atoms with Gasteiger partial charge in [-0.15, -0.1) is 0 Å². The van der Waals surface area contributed by atoms with E-state index in [1.165, 1.54) is 19.2 Å². The number of nitrogens with zero attached hydrogens (tertiary/aromatic N) is 2. The zero-order valence-electron chi connectivity index (χ0n) is 16.6. The van der Waals surface area contributed by atoms with Crippen LogP contribution < -0.4 is 10.2 Å². The fourth-order valence-corrected chi connectivity index (χ4v) is 3.08. The predicted molar refractivity (Wildman–Crippen MR) is 107 cm³/mol. The molecule has 0 bridgehead atoms. The standard InChI is InChI=1S/C21H23N3O5/c1-4-23(5-2)15-8-6-14(7-9-15)12-17-19(25)24(21(27)22-17)13-16-10-11-18(29-16)20(26)28-3/h6-12H,4-5,13H2,1-3H3,(H,22,27). The number of ether oxygens (including phenoxy) is 1. The summed E-state index contributed by atoms with van der Waals surface area (Å²) in [4.78, 5) is 39.5. The Bertz CT molecular complexity index is 941. The lowest BCUT2D eigenvalue weighted by Crippen LogP contribution is -2.30. The normalized spacial score (nSPS) is 15.0. The van der Waals surface area contributed by atoms with Gasteiger partial charge >= 0.3 is 12.0 Å². The van der Waals surface area contributed by atoms with Crippen LogP contribution in [-0.4, -0.2) is 43.0 Å². The monoisotopic (exact) mass is 397 g/mol. The van der Waals surface area contributed by atoms with Crippen molar-refractivity contribution in [3.05, 3.63) is 59.2 Å². The maximum atomic E-state index is 12.6. The highest BCUT2D eigenvalue weighted by Gasteiger charge is 2.34. The Morgan fingerprint density at radius 3 is 2.45 bits per heavy atom. The molecule has 3 amide bonds. The Morgan fingerprint density at radius 2 is 1.83 bits per heavy atom. The third-order valence-corrected chi connectivity index (χ3v) is 4.66. The number of imide groups is 1. The van der Waals surface area contributed by atoms with Crippen LogP contribution in [0.4, 0.5) is 10.5 Å². The van der Waals surface area contributed by atoms with Crippen molar-refractivity contribution < 1.29 is 23.5 Å². The second-order valence-corrected chi connectivity index (χ2v) is 6.40. The molecule has 152 valence electrons. The summed E-state index contributed by atoms with van der Waals surface area (Å²) in [5, 5.41) is 2.58. The van der Waals surface area contributed by atoms with Gasteiger partial charge in [0.1, 0.15) is 11.5 Å². The molecule has 0 saturated carbocycles. The smallest absolute Gasteiger partial charge is 0.373 e. The van der Waals surface area contributed by atoms with E-state index in [1.54, 1.807) is 6.08 Å². The molecule has 1 aromatic heterocycles. The topological polar surface area (TPSA) is 92.1 Å². The molecule has 3 rings (SSSR count). The molecule has 8 heteroatoms. The Kier molecular flexibility index (Phi) is 6.01. The van der Waals surface area contributed by atoms with E-state index in [0.29, 0.717) is 5.76 Å². The van der Waals surface area contributed by atoms with Crippen LogP contribution in [0.3, 0.4) is 0 Å². The van der Waals surface area contributed by atoms with Crippen molar-refractivity contribution in [3.63, 3.8) is 0 Å². The van der Waals surface area contributed by atoms with Gasteiger partial charge in [-0.3, -0.25) is 9.69 Å². The van der Waals surface area contributed by atoms with Crippen LogP contribution in [0.1, 0.15) is 35.7 Å². The van der Waals surface area contributed by atoms with Crippen LogP contribution in [-0.2, 0) is 16.1 Å². The molecular formula is C21H23N3O5. The van der Waals surface area contributed by atoms with Gasteiger partial charge in [0.2, 0.25) is 5.76 Å². The molecule has 1 fully saturated rings. The molecule has 1 N–H and O–H groups in total. The molecule has 1 aromatic carbocycles. The Balaban J connectivity index is 1.72. The van der Waals surface area contributed by atoms with E-state index in [9.17, 15) is 14.4 Å². The lowest BCUT2D eigenvalue weighted by Gasteiger charge is -2.20. The summed E-state index contributed by atoms with van der Waals surface area (Å²) >= 11 is 0. The van der Waals surface area contributed by atoms with E-state index >= 15 is 0 Å². The number of hydrogen-bond acceptors (Lipinski definition) is 6. The van der Waals surface area contributed by atoms with Gasteiger partial charge in [-0.05, 0) is 49.8 Å². The molecule has 0 atom stereocenters. The molecule has 29 heavy (non-hydrogen) atoms. The van der Waals surface area contributed by atoms with Crippen LogP contribution in [0.2, 0.25) is 0 Å². The van der Waals surface area contributed by atoms with Gasteiger partial charge < -0.3 is 19.4 Å². The van der Waals surface area contributed by atoms with Gasteiger partial charge in [0, 0.05) is 18.8 Å². The van der Waals surface area contributed by atoms with E-state index < -0.39 is 17.9 Å². The van der Waals surface area contributed by atoms with Crippen LogP contribution >= 0.6 is 0 Å². The van der Waals surface area contributed by atoms with Gasteiger partial charge in [-0.25, -0.2) is 9.59 Å². The van der Waals surface area contributed by atoms with Crippen molar-refractivity contribution in [3.8, 4) is 0 Å². The number of urea groups is 1. The average molecular weight is 397 g/mol. The molecular weight excluding hydrogens is 374 g/mol. The molecule has 1 saturated heterocycles. The minimum atomic E-state index is -0.623. The van der Waals surface area contributed by atoms with Crippen molar-refractivity contribution in [2.45, 2.75) is 20.4 Å². The average Bonchev–Trinajstić information content (AvgIpc) is 3.30. The summed E-state index contributed by atoms with van der Waals surface area (Å²) in [5.41, 5.74) is 2.09. The largest absolute Gasteiger partial charge is 0.463 e. The number of rotatable bonds is 7. The minimum Gasteiger partial charge on any atom is -0.463 e. The lowest BCUT2D eigenvalue weighted by atomic mass is 10.1. The van der Waals surface area contributed by atoms with Crippen LogP contribution in [0.15, 0.2) is 46.5 Å². The van der Waals surface area contributed by atoms with Crippen LogP contribution in [0, 0.1) is 0 Å². The number of carbonyl (C=O) groups excluding carboxylic acids is 3. The van der Waals surface area contributed by atoms with Gasteiger partial charge in [0.25, 0.3) is 5.91 Å². The summed E-state index contributed by atoms with van der Waals surface area (Å²) in [6.07, 6.45) is 1.63. The van der Waals surface area contributed by atoms with Crippen molar-refractivity contribution in [2.24, 2.45) is 0 Å². The highest BCUT2D eigenvalue weighted by atomic mass is 16.5.